The van der Waals surface area contributed by atoms with Crippen LogP contribution in [0.15, 0.2) is 0 Å². The van der Waals surface area contributed by atoms with Crippen molar-refractivity contribution in [3.05, 3.63) is 0 Å². The van der Waals surface area contributed by atoms with Crippen molar-refractivity contribution in [1.29, 1.82) is 0 Å². The largest absolute Gasteiger partial charge is 0.376 e. The van der Waals surface area contributed by atoms with Crippen molar-refractivity contribution in [2.45, 2.75) is 70.8 Å². The van der Waals surface area contributed by atoms with Crippen molar-refractivity contribution >= 4 is 17.3 Å². The van der Waals surface area contributed by atoms with Crippen molar-refractivity contribution in [2.75, 3.05) is 19.7 Å². The minimum absolute atomic E-state index is 0.360. The predicted molar refractivity (Wildman–Crippen MR) is 85.6 cm³/mol. The van der Waals surface area contributed by atoms with Crippen LogP contribution in [0.4, 0.5) is 0 Å². The standard InChI is InChI=1S/C15H30N2OS/c1-2-3-4-5-6-7-8-11-16-15(19)17-13-14-10-9-12-18-14/h14H,2-13H2,1H3,(H2,16,17,19). The van der Waals surface area contributed by atoms with Gasteiger partial charge in [-0.05, 0) is 31.5 Å². The molecule has 112 valence electrons. The van der Waals surface area contributed by atoms with Crippen LogP contribution in [0.5, 0.6) is 0 Å². The Labute approximate surface area is 123 Å². The minimum atomic E-state index is 0.360. The normalized spacial score (nSPS) is 18.5. The maximum atomic E-state index is 5.54. The van der Waals surface area contributed by atoms with Crippen molar-refractivity contribution in [2.24, 2.45) is 0 Å². The first-order valence-electron chi connectivity index (χ1n) is 7.96. The number of unbranched alkanes of at least 4 members (excludes halogenated alkanes) is 6. The van der Waals surface area contributed by atoms with E-state index in [1.807, 2.05) is 0 Å². The molecule has 1 rings (SSSR count). The van der Waals surface area contributed by atoms with Crippen LogP contribution in [0, 0.1) is 0 Å². The van der Waals surface area contributed by atoms with Crippen molar-refractivity contribution < 1.29 is 4.74 Å². The highest BCUT2D eigenvalue weighted by Crippen LogP contribution is 2.10. The molecule has 0 aromatic carbocycles. The fraction of sp³-hybridized carbons (Fsp3) is 0.933. The Morgan fingerprint density at radius 3 is 2.53 bits per heavy atom. The maximum absolute atomic E-state index is 5.54. The number of hydrogen-bond donors (Lipinski definition) is 2. The van der Waals surface area contributed by atoms with Crippen LogP contribution in [-0.2, 0) is 4.74 Å². The molecule has 4 heteroatoms. The van der Waals surface area contributed by atoms with Crippen molar-refractivity contribution in [3.8, 4) is 0 Å². The molecule has 0 saturated carbocycles. The van der Waals surface area contributed by atoms with Gasteiger partial charge in [0.05, 0.1) is 6.10 Å². The molecule has 2 N–H and O–H groups in total. The average Bonchev–Trinajstić information content (AvgIpc) is 2.93. The highest BCUT2D eigenvalue weighted by atomic mass is 32.1. The number of nitrogens with one attached hydrogen (secondary N) is 2. The van der Waals surface area contributed by atoms with Gasteiger partial charge in [0, 0.05) is 19.7 Å². The van der Waals surface area contributed by atoms with E-state index in [4.69, 9.17) is 17.0 Å². The Bertz CT molecular complexity index is 230. The molecule has 1 atom stereocenters. The lowest BCUT2D eigenvalue weighted by molar-refractivity contribution is 0.114. The van der Waals surface area contributed by atoms with Crippen molar-refractivity contribution in [3.63, 3.8) is 0 Å². The van der Waals surface area contributed by atoms with Gasteiger partial charge in [0.1, 0.15) is 0 Å². The molecule has 0 amide bonds. The first-order valence-corrected chi connectivity index (χ1v) is 8.37. The van der Waals surface area contributed by atoms with E-state index in [1.165, 1.54) is 51.4 Å². The van der Waals surface area contributed by atoms with Gasteiger partial charge < -0.3 is 15.4 Å². The molecule has 1 aliphatic rings. The van der Waals surface area contributed by atoms with Crippen LogP contribution in [0.2, 0.25) is 0 Å². The molecule has 1 saturated heterocycles. The highest BCUT2D eigenvalue weighted by molar-refractivity contribution is 7.80. The smallest absolute Gasteiger partial charge is 0.166 e. The Kier molecular flexibility index (Phi) is 10.1. The van der Waals surface area contributed by atoms with E-state index in [-0.39, 0.29) is 0 Å². The molecule has 0 radical (unpaired) electrons. The molecule has 1 aliphatic heterocycles. The third kappa shape index (κ3) is 9.22. The predicted octanol–water partition coefficient (Wildman–Crippen LogP) is 3.38. The molecule has 0 bridgehead atoms. The molecule has 0 aliphatic carbocycles. The molecule has 0 spiro atoms. The second kappa shape index (κ2) is 11.5. The van der Waals surface area contributed by atoms with E-state index < -0.39 is 0 Å². The zero-order valence-corrected chi connectivity index (χ0v) is 13.2. The summed E-state index contributed by atoms with van der Waals surface area (Å²) in [5.41, 5.74) is 0. The summed E-state index contributed by atoms with van der Waals surface area (Å²) in [5, 5.41) is 7.29. The lowest BCUT2D eigenvalue weighted by Gasteiger charge is -2.13. The van der Waals surface area contributed by atoms with E-state index >= 15 is 0 Å². The van der Waals surface area contributed by atoms with Gasteiger partial charge in [0.25, 0.3) is 0 Å². The third-order valence-electron chi connectivity index (χ3n) is 3.58. The van der Waals surface area contributed by atoms with Crippen LogP contribution in [-0.4, -0.2) is 30.9 Å². The fourth-order valence-electron chi connectivity index (χ4n) is 2.36. The summed E-state index contributed by atoms with van der Waals surface area (Å²) in [6.07, 6.45) is 12.1. The topological polar surface area (TPSA) is 33.3 Å². The summed E-state index contributed by atoms with van der Waals surface area (Å²) >= 11 is 5.25. The summed E-state index contributed by atoms with van der Waals surface area (Å²) in [6, 6.07) is 0. The van der Waals surface area contributed by atoms with Crippen LogP contribution in [0.1, 0.15) is 64.7 Å². The van der Waals surface area contributed by atoms with Gasteiger partial charge in [0.2, 0.25) is 0 Å². The molecule has 1 heterocycles. The van der Waals surface area contributed by atoms with Gasteiger partial charge in [-0.1, -0.05) is 45.4 Å². The Morgan fingerprint density at radius 2 is 1.84 bits per heavy atom. The van der Waals surface area contributed by atoms with E-state index in [0.717, 1.165) is 31.2 Å². The number of thiocarbonyl (C=S) groups is 1. The van der Waals surface area contributed by atoms with Gasteiger partial charge in [-0.15, -0.1) is 0 Å². The molecule has 1 fully saturated rings. The van der Waals surface area contributed by atoms with E-state index in [2.05, 4.69) is 17.6 Å². The SMILES string of the molecule is CCCCCCCCCNC(=S)NCC1CCCO1. The lowest BCUT2D eigenvalue weighted by Crippen LogP contribution is -2.39. The van der Waals surface area contributed by atoms with Crippen LogP contribution in [0.25, 0.3) is 0 Å². The quantitative estimate of drug-likeness (QED) is 0.476. The first-order chi connectivity index (χ1) is 9.33. The molecular formula is C15H30N2OS. The molecular weight excluding hydrogens is 256 g/mol. The van der Waals surface area contributed by atoms with Gasteiger partial charge in [-0.3, -0.25) is 0 Å². The van der Waals surface area contributed by atoms with Crippen LogP contribution in [0.3, 0.4) is 0 Å². The Balaban J connectivity index is 1.81. The molecule has 0 aromatic heterocycles. The second-order valence-corrected chi connectivity index (χ2v) is 5.80. The van der Waals surface area contributed by atoms with Crippen molar-refractivity contribution in [1.82, 2.24) is 10.6 Å². The lowest BCUT2D eigenvalue weighted by atomic mass is 10.1. The first kappa shape index (κ1) is 16.7. The van der Waals surface area contributed by atoms with Gasteiger partial charge in [-0.25, -0.2) is 0 Å². The number of rotatable bonds is 10. The summed E-state index contributed by atoms with van der Waals surface area (Å²) in [7, 11) is 0. The summed E-state index contributed by atoms with van der Waals surface area (Å²) in [4.78, 5) is 0. The van der Waals surface area contributed by atoms with E-state index in [0.29, 0.717) is 6.10 Å². The average molecular weight is 286 g/mol. The van der Waals surface area contributed by atoms with E-state index in [1.54, 1.807) is 0 Å². The summed E-state index contributed by atoms with van der Waals surface area (Å²) < 4.78 is 5.54. The fourth-order valence-corrected chi connectivity index (χ4v) is 2.54. The maximum Gasteiger partial charge on any atom is 0.166 e. The third-order valence-corrected chi connectivity index (χ3v) is 3.87. The zero-order chi connectivity index (χ0) is 13.8. The molecule has 3 nitrogen and oxygen atoms in total. The Morgan fingerprint density at radius 1 is 1.11 bits per heavy atom. The molecule has 1 unspecified atom stereocenters. The molecule has 19 heavy (non-hydrogen) atoms. The highest BCUT2D eigenvalue weighted by Gasteiger charge is 2.14. The Hall–Kier alpha value is -0.350. The summed E-state index contributed by atoms with van der Waals surface area (Å²) in [6.45, 7) is 5.01. The van der Waals surface area contributed by atoms with Gasteiger partial charge >= 0.3 is 0 Å². The minimum Gasteiger partial charge on any atom is -0.376 e. The van der Waals surface area contributed by atoms with Crippen LogP contribution < -0.4 is 10.6 Å². The number of hydrogen-bond acceptors (Lipinski definition) is 2. The second-order valence-electron chi connectivity index (χ2n) is 5.39. The molecule has 0 aromatic rings. The van der Waals surface area contributed by atoms with Crippen LogP contribution >= 0.6 is 12.2 Å². The van der Waals surface area contributed by atoms with Gasteiger partial charge in [0.15, 0.2) is 5.11 Å². The zero-order valence-electron chi connectivity index (χ0n) is 12.4. The monoisotopic (exact) mass is 286 g/mol. The van der Waals surface area contributed by atoms with Gasteiger partial charge in [-0.2, -0.15) is 0 Å². The van der Waals surface area contributed by atoms with E-state index in [9.17, 15) is 0 Å². The summed E-state index contributed by atoms with van der Waals surface area (Å²) in [5.74, 6) is 0. The number of ether oxygens (including phenoxy) is 1.